The van der Waals surface area contributed by atoms with E-state index in [-0.39, 0.29) is 16.4 Å². The van der Waals surface area contributed by atoms with Crippen molar-refractivity contribution in [1.29, 1.82) is 0 Å². The molecule has 0 radical (unpaired) electrons. The highest BCUT2D eigenvalue weighted by atomic mass is 32.2. The molecule has 0 aromatic heterocycles. The molecule has 0 fully saturated rings. The molecule has 0 saturated heterocycles. The van der Waals surface area contributed by atoms with Crippen LogP contribution in [0.2, 0.25) is 18.1 Å². The summed E-state index contributed by atoms with van der Waals surface area (Å²) in [4.78, 5) is 34.2. The van der Waals surface area contributed by atoms with Gasteiger partial charge in [-0.05, 0) is 61.6 Å². The van der Waals surface area contributed by atoms with Gasteiger partial charge in [-0.25, -0.2) is 21.6 Å². The predicted octanol–water partition coefficient (Wildman–Crippen LogP) is 7.82. The van der Waals surface area contributed by atoms with Crippen LogP contribution in [0.3, 0.4) is 0 Å². The molecule has 12 nitrogen and oxygen atoms in total. The van der Waals surface area contributed by atoms with Crippen molar-refractivity contribution in [3.05, 3.63) is 168 Å². The Kier molecular flexibility index (Phi) is 12.6. The first-order valence-corrected chi connectivity index (χ1v) is 25.0. The zero-order chi connectivity index (χ0) is 42.6. The summed E-state index contributed by atoms with van der Waals surface area (Å²) in [5, 5.41) is 13.8. The van der Waals surface area contributed by atoms with Gasteiger partial charge in [0.2, 0.25) is 20.0 Å². The van der Waals surface area contributed by atoms with Crippen LogP contribution < -0.4 is 9.44 Å². The maximum Gasteiger partial charge on any atom is 0.386 e. The van der Waals surface area contributed by atoms with Crippen molar-refractivity contribution in [2.24, 2.45) is 0 Å². The van der Waals surface area contributed by atoms with Gasteiger partial charge in [0, 0.05) is 5.56 Å². The van der Waals surface area contributed by atoms with Crippen LogP contribution in [0.5, 0.6) is 0 Å². The molecule has 15 heteroatoms. The Morgan fingerprint density at radius 2 is 1.12 bits per heavy atom. The van der Waals surface area contributed by atoms with Gasteiger partial charge in [-0.15, -0.1) is 0 Å². The van der Waals surface area contributed by atoms with Crippen molar-refractivity contribution < 1.29 is 40.9 Å². The number of fused-ring (bicyclic) bond motifs is 2. The Bertz CT molecular complexity index is 2690. The van der Waals surface area contributed by atoms with Crippen LogP contribution in [0.1, 0.15) is 49.1 Å². The van der Waals surface area contributed by atoms with Gasteiger partial charge in [0.25, 0.3) is 5.72 Å². The van der Waals surface area contributed by atoms with E-state index in [4.69, 9.17) is 9.26 Å². The largest absolute Gasteiger partial charge is 0.386 e. The molecule has 0 bridgehead atoms. The lowest BCUT2D eigenvalue weighted by Crippen LogP contribution is -2.61. The van der Waals surface area contributed by atoms with Gasteiger partial charge in [0.05, 0.1) is 11.5 Å². The molecule has 1 amide bonds. The lowest BCUT2D eigenvalue weighted by molar-refractivity contribution is -0.306. The predicted molar refractivity (Wildman–Crippen MR) is 230 cm³/mol. The Balaban J connectivity index is 1.35. The molecule has 6 aromatic carbocycles. The van der Waals surface area contributed by atoms with Crippen LogP contribution in [0.15, 0.2) is 146 Å². The monoisotopic (exact) mass is 853 g/mol. The Morgan fingerprint density at radius 1 is 0.661 bits per heavy atom. The molecule has 0 spiro atoms. The summed E-state index contributed by atoms with van der Waals surface area (Å²) in [7, 11) is -11.9. The summed E-state index contributed by atoms with van der Waals surface area (Å²) in [6.07, 6.45) is 0. The van der Waals surface area contributed by atoms with E-state index in [2.05, 4.69) is 9.44 Å². The molecule has 0 aliphatic carbocycles. The molecule has 6 aromatic rings. The lowest BCUT2D eigenvalue weighted by atomic mass is 10.0. The number of rotatable bonds is 14. The van der Waals surface area contributed by atoms with E-state index in [9.17, 15) is 31.6 Å². The SMILES string of the molecule is CC(C)(C)[Si](C)(C)O[C@@](NS(=O)(=O)Cc1ccc2ccccc2c1)(C(=O)ON(O)C(=O)[C@H](NS(=O)(=O)Cc1ccc2ccccc2c1)c1ccccc1)c1ccccc1. The molecule has 2 atom stereocenters. The first-order chi connectivity index (χ1) is 27.8. The number of benzene rings is 6. The summed E-state index contributed by atoms with van der Waals surface area (Å²) in [6.45, 7) is 9.27. The van der Waals surface area contributed by atoms with Crippen LogP contribution in [0.25, 0.3) is 21.5 Å². The summed E-state index contributed by atoms with van der Waals surface area (Å²) >= 11 is 0. The quantitative estimate of drug-likeness (QED) is 0.0428. The number of carbonyl (C=O) groups excluding carboxylic acids is 2. The first-order valence-electron chi connectivity index (χ1n) is 18.8. The number of carbonyl (C=O) groups is 2. The number of sulfonamides is 2. The van der Waals surface area contributed by atoms with E-state index in [1.165, 1.54) is 24.3 Å². The second-order valence-electron chi connectivity index (χ2n) is 15.8. The van der Waals surface area contributed by atoms with Crippen LogP contribution >= 0.6 is 0 Å². The van der Waals surface area contributed by atoms with Crippen LogP contribution in [-0.2, 0) is 56.1 Å². The zero-order valence-electron chi connectivity index (χ0n) is 33.3. The van der Waals surface area contributed by atoms with E-state index >= 15 is 0 Å². The number of nitrogens with one attached hydrogen (secondary N) is 2. The minimum absolute atomic E-state index is 0.00783. The number of hydrogen-bond acceptors (Lipinski definition) is 9. The van der Waals surface area contributed by atoms with E-state index in [0.717, 1.165) is 21.5 Å². The second-order valence-corrected chi connectivity index (χ2v) is 24.0. The second kappa shape index (κ2) is 17.1. The van der Waals surface area contributed by atoms with Gasteiger partial charge in [-0.1, -0.05) is 166 Å². The number of hydroxylamine groups is 2. The standard InChI is InChI=1S/C44H47N3O9S2Si/c1-43(2,3)59(4,5)56-44(39-22-10-7-11-23-39,46-58(53,54)31-33-25-27-35-17-13-15-21-38(35)29-33)42(49)55-47(50)41(48)40(36-18-8-6-9-19-36)45-57(51,52)30-32-24-26-34-16-12-14-20-37(34)28-32/h6-29,40,45-46,50H,30-31H2,1-5H3/t40-,44-/m1/s1. The molecular weight excluding hydrogens is 807 g/mol. The Labute approximate surface area is 345 Å². The molecule has 0 heterocycles. The van der Waals surface area contributed by atoms with Crippen LogP contribution in [0.4, 0.5) is 0 Å². The molecule has 0 aliphatic rings. The van der Waals surface area contributed by atoms with Gasteiger partial charge in [-0.3, -0.25) is 10.0 Å². The zero-order valence-corrected chi connectivity index (χ0v) is 36.0. The normalized spacial score (nSPS) is 14.1. The number of hydrogen-bond donors (Lipinski definition) is 3. The number of nitrogens with zero attached hydrogens (tertiary/aromatic N) is 1. The van der Waals surface area contributed by atoms with Crippen molar-refractivity contribution in [1.82, 2.24) is 14.7 Å². The number of amides is 1. The third-order valence-electron chi connectivity index (χ3n) is 10.4. The van der Waals surface area contributed by atoms with Gasteiger partial charge in [0.15, 0.2) is 8.32 Å². The van der Waals surface area contributed by atoms with Crippen LogP contribution in [-0.4, -0.2) is 47.5 Å². The first kappa shape index (κ1) is 43.3. The van der Waals surface area contributed by atoms with Crippen molar-refractivity contribution in [2.45, 2.75) is 62.2 Å². The summed E-state index contributed by atoms with van der Waals surface area (Å²) < 4.78 is 67.4. The third-order valence-corrected chi connectivity index (χ3v) is 17.4. The highest BCUT2D eigenvalue weighted by molar-refractivity contribution is 7.89. The van der Waals surface area contributed by atoms with Gasteiger partial charge >= 0.3 is 11.9 Å². The molecule has 6 rings (SSSR count). The van der Waals surface area contributed by atoms with E-state index in [1.807, 2.05) is 69.3 Å². The highest BCUT2D eigenvalue weighted by Gasteiger charge is 2.54. The molecule has 0 aliphatic heterocycles. The smallest absolute Gasteiger partial charge is 0.386 e. The molecule has 308 valence electrons. The van der Waals surface area contributed by atoms with E-state index in [1.54, 1.807) is 85.9 Å². The molecule has 0 saturated carbocycles. The van der Waals surface area contributed by atoms with Crippen LogP contribution in [0, 0.1) is 0 Å². The highest BCUT2D eigenvalue weighted by Crippen LogP contribution is 2.42. The molecule has 3 N–H and O–H groups in total. The molecule has 0 unspecified atom stereocenters. The maximum atomic E-state index is 14.7. The fourth-order valence-electron chi connectivity index (χ4n) is 6.33. The summed E-state index contributed by atoms with van der Waals surface area (Å²) in [5.74, 6) is -3.98. The fourth-order valence-corrected chi connectivity index (χ4v) is 10.4. The summed E-state index contributed by atoms with van der Waals surface area (Å²) in [6, 6.07) is 38.9. The Hall–Kier alpha value is -5.26. The molecular formula is C44H47N3O9S2Si. The lowest BCUT2D eigenvalue weighted by Gasteiger charge is -2.44. The fraction of sp³-hybridized carbons (Fsp3) is 0.227. The molecule has 59 heavy (non-hydrogen) atoms. The van der Waals surface area contributed by atoms with E-state index < -0.39 is 68.6 Å². The van der Waals surface area contributed by atoms with Crippen molar-refractivity contribution in [3.8, 4) is 0 Å². The maximum absolute atomic E-state index is 14.7. The third kappa shape index (κ3) is 10.3. The topological polar surface area (TPSA) is 168 Å². The van der Waals surface area contributed by atoms with Gasteiger partial charge in [-0.2, -0.15) is 9.44 Å². The average Bonchev–Trinajstić information content (AvgIpc) is 3.19. The van der Waals surface area contributed by atoms with Crippen molar-refractivity contribution in [3.63, 3.8) is 0 Å². The minimum atomic E-state index is -4.49. The Morgan fingerprint density at radius 3 is 1.63 bits per heavy atom. The van der Waals surface area contributed by atoms with Gasteiger partial charge in [0.1, 0.15) is 6.04 Å². The average molecular weight is 854 g/mol. The van der Waals surface area contributed by atoms with E-state index in [0.29, 0.717) is 11.1 Å². The van der Waals surface area contributed by atoms with Crippen molar-refractivity contribution in [2.75, 3.05) is 0 Å². The minimum Gasteiger partial charge on any atom is -0.386 e. The van der Waals surface area contributed by atoms with Gasteiger partial charge < -0.3 is 9.26 Å². The van der Waals surface area contributed by atoms with Crippen molar-refractivity contribution >= 4 is 61.8 Å². The summed E-state index contributed by atoms with van der Waals surface area (Å²) in [5.41, 5.74) is -1.65.